The van der Waals surface area contributed by atoms with Crippen molar-refractivity contribution < 1.29 is 77.1 Å². The molecule has 2 unspecified atom stereocenters. The molecule has 2 aliphatic heterocycles. The van der Waals surface area contributed by atoms with E-state index in [1.165, 1.54) is 24.3 Å². The van der Waals surface area contributed by atoms with Gasteiger partial charge in [-0.05, 0) is 19.4 Å². The number of hydrogen-bond acceptors (Lipinski definition) is 22. The van der Waals surface area contributed by atoms with Crippen molar-refractivity contribution in [2.24, 2.45) is 31.4 Å². The SMILES string of the molecule is CCN1C(S(=O)(=O)O)=NC(S(=O)(=O)O)=NC1OS(=O)(=O)C1(S(=O)(=O)OC2N=C(S(=O)(=O)O)N=C(S(=O)(=O)O)N2CC)CC=CC=C1C(N)=C(N)c1ccccc1. The van der Waals surface area contributed by atoms with Crippen molar-refractivity contribution in [3.05, 3.63) is 65.4 Å². The van der Waals surface area contributed by atoms with E-state index in [9.17, 15) is 68.7 Å². The predicted molar refractivity (Wildman–Crippen MR) is 195 cm³/mol. The molecule has 0 spiro atoms. The molecule has 2 heterocycles. The van der Waals surface area contributed by atoms with E-state index in [2.05, 4.69) is 20.0 Å². The second kappa shape index (κ2) is 15.3. The summed E-state index contributed by atoms with van der Waals surface area (Å²) in [4.78, 5) is 13.1. The van der Waals surface area contributed by atoms with Crippen molar-refractivity contribution in [1.82, 2.24) is 9.80 Å². The minimum absolute atomic E-state index is 0.0765. The number of nitrogens with zero attached hydrogens (tertiary/aromatic N) is 6. The first-order valence-corrected chi connectivity index (χ1v) is 23.4. The van der Waals surface area contributed by atoms with Crippen LogP contribution in [0.1, 0.15) is 25.8 Å². The highest BCUT2D eigenvalue weighted by Gasteiger charge is 2.63. The van der Waals surface area contributed by atoms with Gasteiger partial charge in [-0.25, -0.2) is 18.4 Å². The maximum atomic E-state index is 14.7. The first kappa shape index (κ1) is 44.5. The first-order valence-electron chi connectivity index (χ1n) is 14.8. The van der Waals surface area contributed by atoms with E-state index in [0.717, 1.165) is 32.1 Å². The Morgan fingerprint density at radius 2 is 1.11 bits per heavy atom. The van der Waals surface area contributed by atoms with Gasteiger partial charge in [0.2, 0.25) is 12.7 Å². The molecule has 310 valence electrons. The van der Waals surface area contributed by atoms with E-state index in [4.69, 9.17) is 19.8 Å². The number of amidine groups is 4. The van der Waals surface area contributed by atoms with E-state index in [1.54, 1.807) is 6.07 Å². The number of rotatable bonds is 10. The molecule has 8 N–H and O–H groups in total. The summed E-state index contributed by atoms with van der Waals surface area (Å²) >= 11 is 0. The lowest BCUT2D eigenvalue weighted by molar-refractivity contribution is 0.0866. The van der Waals surface area contributed by atoms with Gasteiger partial charge in [-0.3, -0.25) is 28.0 Å². The molecule has 3 aliphatic rings. The summed E-state index contributed by atoms with van der Waals surface area (Å²) in [5, 5.41) is -6.96. The minimum atomic E-state index is -6.24. The molecule has 0 saturated carbocycles. The van der Waals surface area contributed by atoms with Crippen molar-refractivity contribution in [3.8, 4) is 0 Å². The highest BCUT2D eigenvalue weighted by atomic mass is 32.3. The second-order valence-corrected chi connectivity index (χ2v) is 20.1. The molecule has 0 aromatic heterocycles. The average molecular weight is 911 g/mol. The summed E-state index contributed by atoms with van der Waals surface area (Å²) in [6.45, 7) is 0.707. The number of nitrogens with two attached hydrogens (primary N) is 2. The summed E-state index contributed by atoms with van der Waals surface area (Å²) in [6, 6.07) is 7.19. The fraction of sp³-hybridized carbons (Fsp3) is 0.333. The third-order valence-electron chi connectivity index (χ3n) is 7.55. The van der Waals surface area contributed by atoms with E-state index in [1.807, 2.05) is 0 Å². The van der Waals surface area contributed by atoms with Gasteiger partial charge < -0.3 is 11.5 Å². The van der Waals surface area contributed by atoms with E-state index < -0.39 is 135 Å². The summed E-state index contributed by atoms with van der Waals surface area (Å²) < 4.78 is 201. The Labute approximate surface area is 319 Å². The van der Waals surface area contributed by atoms with Crippen LogP contribution in [0.3, 0.4) is 0 Å². The Morgan fingerprint density at radius 1 is 0.696 bits per heavy atom. The monoisotopic (exact) mass is 910 g/mol. The van der Waals surface area contributed by atoms with E-state index in [0.29, 0.717) is 0 Å². The van der Waals surface area contributed by atoms with Crippen molar-refractivity contribution in [2.45, 2.75) is 37.1 Å². The molecule has 1 aliphatic carbocycles. The first-order chi connectivity index (χ1) is 25.5. The Morgan fingerprint density at radius 3 is 1.46 bits per heavy atom. The van der Waals surface area contributed by atoms with Crippen molar-refractivity contribution in [1.29, 1.82) is 0 Å². The highest BCUT2D eigenvalue weighted by molar-refractivity contribution is 8.06. The van der Waals surface area contributed by atoms with Crippen LogP contribution in [0.25, 0.3) is 5.70 Å². The van der Waals surface area contributed by atoms with Crippen LogP contribution >= 0.6 is 0 Å². The second-order valence-electron chi connectivity index (χ2n) is 11.0. The van der Waals surface area contributed by atoms with Crippen LogP contribution < -0.4 is 11.5 Å². The molecule has 32 heteroatoms. The van der Waals surface area contributed by atoms with E-state index >= 15 is 0 Å². The topological polar surface area (TPSA) is 412 Å². The predicted octanol–water partition coefficient (Wildman–Crippen LogP) is -2.24. The third kappa shape index (κ3) is 8.54. The molecule has 4 rings (SSSR count). The lowest BCUT2D eigenvalue weighted by Gasteiger charge is -2.39. The summed E-state index contributed by atoms with van der Waals surface area (Å²) in [5.41, 5.74) is 10.3. The average Bonchev–Trinajstić information content (AvgIpc) is 3.08. The van der Waals surface area contributed by atoms with Gasteiger partial charge >= 0.3 is 40.5 Å². The molecule has 0 radical (unpaired) electrons. The molecule has 1 aromatic carbocycles. The molecule has 0 bridgehead atoms. The Hall–Kier alpha value is -4.22. The smallest absolute Gasteiger partial charge is 0.330 e. The fourth-order valence-corrected chi connectivity index (χ4v) is 11.3. The quantitative estimate of drug-likeness (QED) is 0.107. The zero-order chi connectivity index (χ0) is 42.4. The van der Waals surface area contributed by atoms with Gasteiger partial charge in [0.1, 0.15) is 0 Å². The summed E-state index contributed by atoms with van der Waals surface area (Å²) in [5.74, 6) is 0. The summed E-state index contributed by atoms with van der Waals surface area (Å²) in [7, 11) is -35.0. The lowest BCUT2D eigenvalue weighted by Crippen LogP contribution is -2.57. The van der Waals surface area contributed by atoms with Gasteiger partial charge in [0.25, 0.3) is 45.0 Å². The standard InChI is InChI=1S/C24H30N8O18S6/c1-3-31-20(27-18(51(33,34)35)29-22(31)53(39,40)41)49-55(45,46)24(13-9-8-12-15(24)17(26)16(25)14-10-6-5-7-11-14)56(47,48)50-21-28-19(52(36,37)38)30-23(32(21)4-2)54(42,43)44/h5-12,20-21H,3-4,13,25-26H2,1-2H3,(H,33,34,35)(H,36,37,38)(H,39,40,41)(H,42,43,44). The largest absolute Gasteiger partial charge is 0.397 e. The third-order valence-corrected chi connectivity index (χ3v) is 14.9. The van der Waals surface area contributed by atoms with Gasteiger partial charge in [0.05, 0.1) is 11.4 Å². The maximum Gasteiger partial charge on any atom is 0.330 e. The Kier molecular flexibility index (Phi) is 12.1. The fourth-order valence-electron chi connectivity index (χ4n) is 5.08. The zero-order valence-corrected chi connectivity index (χ0v) is 33.1. The maximum absolute atomic E-state index is 14.7. The van der Waals surface area contributed by atoms with Crippen LogP contribution in [0.4, 0.5) is 0 Å². The van der Waals surface area contributed by atoms with Crippen LogP contribution in [0.5, 0.6) is 0 Å². The van der Waals surface area contributed by atoms with Crippen LogP contribution in [-0.4, -0.2) is 129 Å². The molecule has 0 saturated heterocycles. The normalized spacial score (nSPS) is 23.4. The highest BCUT2D eigenvalue weighted by Crippen LogP contribution is 2.45. The van der Waals surface area contributed by atoms with Gasteiger partial charge in [0.15, 0.2) is 0 Å². The Bertz CT molecular complexity index is 2570. The van der Waals surface area contributed by atoms with Gasteiger partial charge in [-0.15, -0.1) is 0 Å². The molecule has 0 amide bonds. The molecule has 26 nitrogen and oxygen atoms in total. The number of allylic oxidation sites excluding steroid dienone is 4. The van der Waals surface area contributed by atoms with Crippen LogP contribution in [-0.2, 0) is 69.1 Å². The molecule has 0 fully saturated rings. The molecular formula is C24H30N8O18S6. The van der Waals surface area contributed by atoms with Gasteiger partial charge in [-0.2, -0.15) is 60.5 Å². The van der Waals surface area contributed by atoms with Crippen molar-refractivity contribution in [2.75, 3.05) is 13.1 Å². The van der Waals surface area contributed by atoms with Crippen molar-refractivity contribution in [3.63, 3.8) is 0 Å². The van der Waals surface area contributed by atoms with E-state index in [-0.39, 0.29) is 15.4 Å². The zero-order valence-electron chi connectivity index (χ0n) is 28.2. The lowest BCUT2D eigenvalue weighted by atomic mass is 9.97. The van der Waals surface area contributed by atoms with Crippen LogP contribution in [0, 0.1) is 0 Å². The number of hydrogen-bond donors (Lipinski definition) is 6. The van der Waals surface area contributed by atoms with Crippen molar-refractivity contribution >= 4 is 87.1 Å². The molecule has 2 atom stereocenters. The number of benzene rings is 1. The number of aliphatic imine (C=N–C) groups is 4. The minimum Gasteiger partial charge on any atom is -0.397 e. The van der Waals surface area contributed by atoms with Gasteiger partial charge in [-0.1, -0.05) is 48.6 Å². The molecule has 56 heavy (non-hydrogen) atoms. The molecular weight excluding hydrogens is 881 g/mol. The van der Waals surface area contributed by atoms with Gasteiger partial charge in [0, 0.05) is 25.1 Å². The van der Waals surface area contributed by atoms with Crippen LogP contribution in [0.2, 0.25) is 0 Å². The molecule has 1 aromatic rings. The summed E-state index contributed by atoms with van der Waals surface area (Å²) in [6.07, 6.45) is -4.20. The Balaban J connectivity index is 2.06. The van der Waals surface area contributed by atoms with Crippen LogP contribution in [0.15, 0.2) is 79.8 Å².